The number of carbonyl (C=O) groups is 1. The van der Waals surface area contributed by atoms with Crippen molar-refractivity contribution in [2.75, 3.05) is 0 Å². The lowest BCUT2D eigenvalue weighted by Gasteiger charge is -2.36. The molecule has 3 heteroatoms. The van der Waals surface area contributed by atoms with Crippen molar-refractivity contribution in [3.8, 4) is 11.1 Å². The lowest BCUT2D eigenvalue weighted by molar-refractivity contribution is -0.129. The van der Waals surface area contributed by atoms with Crippen LogP contribution in [0, 0.1) is 18.3 Å². The molecule has 0 saturated heterocycles. The molecule has 4 rings (SSSR count). The smallest absolute Gasteiger partial charge is 0.149 e. The largest absolute Gasteiger partial charge is 0.392 e. The van der Waals surface area contributed by atoms with E-state index in [1.807, 2.05) is 31.2 Å². The SMILES string of the molecule is CCCC1CCC2(CC1)CC(O)C(c1cc(-c3ccc(Cl)cc3)ccc1C)C2=O. The third-order valence-electron chi connectivity index (χ3n) is 7.34. The molecule has 2 atom stereocenters. The van der Waals surface area contributed by atoms with E-state index in [1.165, 1.54) is 12.8 Å². The van der Waals surface area contributed by atoms with Gasteiger partial charge in [0.25, 0.3) is 0 Å². The van der Waals surface area contributed by atoms with Gasteiger partial charge in [0.15, 0.2) is 0 Å². The highest BCUT2D eigenvalue weighted by molar-refractivity contribution is 6.30. The molecule has 0 radical (unpaired) electrons. The van der Waals surface area contributed by atoms with E-state index in [-0.39, 0.29) is 11.2 Å². The van der Waals surface area contributed by atoms with Gasteiger partial charge in [0, 0.05) is 10.4 Å². The Morgan fingerprint density at radius 3 is 2.38 bits per heavy atom. The van der Waals surface area contributed by atoms with Gasteiger partial charge in [-0.2, -0.15) is 0 Å². The van der Waals surface area contributed by atoms with Gasteiger partial charge in [-0.15, -0.1) is 0 Å². The van der Waals surface area contributed by atoms with Gasteiger partial charge in [-0.05, 0) is 79.3 Å². The molecule has 2 aliphatic carbocycles. The van der Waals surface area contributed by atoms with Crippen LogP contribution in [0.4, 0.5) is 0 Å². The summed E-state index contributed by atoms with van der Waals surface area (Å²) in [5, 5.41) is 11.7. The Morgan fingerprint density at radius 1 is 1.07 bits per heavy atom. The van der Waals surface area contributed by atoms with Crippen molar-refractivity contribution in [1.82, 2.24) is 0 Å². The van der Waals surface area contributed by atoms with Crippen molar-refractivity contribution >= 4 is 17.4 Å². The zero-order valence-corrected chi connectivity index (χ0v) is 18.2. The number of rotatable bonds is 4. The van der Waals surface area contributed by atoms with Gasteiger partial charge in [-0.25, -0.2) is 0 Å². The molecule has 0 bridgehead atoms. The van der Waals surface area contributed by atoms with E-state index in [4.69, 9.17) is 11.6 Å². The Hall–Kier alpha value is -1.64. The van der Waals surface area contributed by atoms with E-state index in [0.29, 0.717) is 11.4 Å². The predicted octanol–water partition coefficient (Wildman–Crippen LogP) is 6.71. The van der Waals surface area contributed by atoms with Crippen LogP contribution >= 0.6 is 11.6 Å². The van der Waals surface area contributed by atoms with Crippen LogP contribution in [0.5, 0.6) is 0 Å². The molecule has 154 valence electrons. The van der Waals surface area contributed by atoms with Crippen LogP contribution in [-0.2, 0) is 4.79 Å². The lowest BCUT2D eigenvalue weighted by atomic mass is 9.67. The minimum absolute atomic E-state index is 0.274. The van der Waals surface area contributed by atoms with Gasteiger partial charge in [-0.1, -0.05) is 61.7 Å². The number of hydrogen-bond donors (Lipinski definition) is 1. The molecule has 2 aromatic rings. The summed E-state index contributed by atoms with van der Waals surface area (Å²) in [6, 6.07) is 14.0. The van der Waals surface area contributed by atoms with Gasteiger partial charge < -0.3 is 5.11 Å². The zero-order chi connectivity index (χ0) is 20.6. The quantitative estimate of drug-likeness (QED) is 0.608. The summed E-state index contributed by atoms with van der Waals surface area (Å²) in [6.07, 6.45) is 6.67. The highest BCUT2D eigenvalue weighted by Crippen LogP contribution is 2.53. The second kappa shape index (κ2) is 8.24. The average molecular weight is 411 g/mol. The topological polar surface area (TPSA) is 37.3 Å². The Labute approximate surface area is 179 Å². The monoisotopic (exact) mass is 410 g/mol. The third-order valence-corrected chi connectivity index (χ3v) is 7.59. The predicted molar refractivity (Wildman–Crippen MR) is 119 cm³/mol. The maximum Gasteiger partial charge on any atom is 0.149 e. The highest BCUT2D eigenvalue weighted by Gasteiger charge is 2.54. The van der Waals surface area contributed by atoms with Crippen molar-refractivity contribution < 1.29 is 9.90 Å². The van der Waals surface area contributed by atoms with Gasteiger partial charge in [-0.3, -0.25) is 4.79 Å². The molecule has 0 aliphatic heterocycles. The molecule has 0 amide bonds. The number of Topliss-reactive ketones (excluding diaryl/α,β-unsaturated/α-hetero) is 1. The van der Waals surface area contributed by atoms with Crippen molar-refractivity contribution in [2.24, 2.45) is 11.3 Å². The molecule has 2 nitrogen and oxygen atoms in total. The molecule has 2 aliphatic rings. The standard InChI is InChI=1S/C26H31ClO2/c1-3-4-18-11-13-26(14-12-18)16-23(28)24(25(26)29)22-15-20(6-5-17(22)2)19-7-9-21(27)10-8-19/h5-10,15,18,23-24,28H,3-4,11-14,16H2,1-2H3. The maximum absolute atomic E-state index is 13.6. The van der Waals surface area contributed by atoms with E-state index < -0.39 is 12.0 Å². The minimum atomic E-state index is -0.579. The number of aliphatic hydroxyl groups is 1. The van der Waals surface area contributed by atoms with Gasteiger partial charge >= 0.3 is 0 Å². The molecule has 2 unspecified atom stereocenters. The maximum atomic E-state index is 13.6. The molecular formula is C26H31ClO2. The Kier molecular flexibility index (Phi) is 5.86. The summed E-state index contributed by atoms with van der Waals surface area (Å²) in [5.74, 6) is 0.630. The average Bonchev–Trinajstić information content (AvgIpc) is 2.95. The number of aliphatic hydroxyl groups excluding tert-OH is 1. The molecule has 2 saturated carbocycles. The summed E-state index contributed by atoms with van der Waals surface area (Å²) in [5.41, 5.74) is 3.90. The second-order valence-corrected chi connectivity index (χ2v) is 9.64. The first kappa shape index (κ1) is 20.6. The molecule has 2 fully saturated rings. The van der Waals surface area contributed by atoms with Crippen molar-refractivity contribution in [2.45, 2.75) is 70.8 Å². The normalized spacial score (nSPS) is 29.5. The van der Waals surface area contributed by atoms with Crippen LogP contribution in [0.2, 0.25) is 5.02 Å². The Balaban J connectivity index is 1.62. The number of ketones is 1. The fourth-order valence-corrected chi connectivity index (χ4v) is 5.77. The second-order valence-electron chi connectivity index (χ2n) is 9.20. The number of benzene rings is 2. The third kappa shape index (κ3) is 3.90. The summed E-state index contributed by atoms with van der Waals surface area (Å²) >= 11 is 6.03. The summed E-state index contributed by atoms with van der Waals surface area (Å²) in [6.45, 7) is 4.28. The fraction of sp³-hybridized carbons (Fsp3) is 0.500. The molecule has 0 heterocycles. The van der Waals surface area contributed by atoms with Crippen molar-refractivity contribution in [3.05, 3.63) is 58.6 Å². The number of halogens is 1. The Bertz CT molecular complexity index is 878. The highest BCUT2D eigenvalue weighted by atomic mass is 35.5. The molecular weight excluding hydrogens is 380 g/mol. The van der Waals surface area contributed by atoms with Crippen LogP contribution in [0.3, 0.4) is 0 Å². The summed E-state index contributed by atoms with van der Waals surface area (Å²) < 4.78 is 0. The van der Waals surface area contributed by atoms with E-state index in [0.717, 1.165) is 53.9 Å². The van der Waals surface area contributed by atoms with Crippen molar-refractivity contribution in [1.29, 1.82) is 0 Å². The van der Waals surface area contributed by atoms with Gasteiger partial charge in [0.1, 0.15) is 5.78 Å². The van der Waals surface area contributed by atoms with Crippen LogP contribution in [-0.4, -0.2) is 17.0 Å². The molecule has 2 aromatic carbocycles. The fourth-order valence-electron chi connectivity index (χ4n) is 5.65. The van der Waals surface area contributed by atoms with E-state index in [9.17, 15) is 9.90 Å². The first-order chi connectivity index (χ1) is 13.9. The van der Waals surface area contributed by atoms with E-state index >= 15 is 0 Å². The minimum Gasteiger partial charge on any atom is -0.392 e. The van der Waals surface area contributed by atoms with Crippen LogP contribution < -0.4 is 0 Å². The summed E-state index contributed by atoms with van der Waals surface area (Å²) in [7, 11) is 0. The van der Waals surface area contributed by atoms with E-state index in [1.54, 1.807) is 0 Å². The van der Waals surface area contributed by atoms with Crippen LogP contribution in [0.25, 0.3) is 11.1 Å². The van der Waals surface area contributed by atoms with E-state index in [2.05, 4.69) is 25.1 Å². The van der Waals surface area contributed by atoms with Crippen molar-refractivity contribution in [3.63, 3.8) is 0 Å². The zero-order valence-electron chi connectivity index (χ0n) is 17.5. The van der Waals surface area contributed by atoms with Gasteiger partial charge in [0.2, 0.25) is 0 Å². The number of carbonyl (C=O) groups excluding carboxylic acids is 1. The van der Waals surface area contributed by atoms with Gasteiger partial charge in [0.05, 0.1) is 12.0 Å². The first-order valence-corrected chi connectivity index (χ1v) is 11.4. The first-order valence-electron chi connectivity index (χ1n) is 11.0. The molecule has 29 heavy (non-hydrogen) atoms. The Morgan fingerprint density at radius 2 is 1.72 bits per heavy atom. The van der Waals surface area contributed by atoms with Crippen LogP contribution in [0.1, 0.15) is 68.9 Å². The molecule has 1 spiro atoms. The lowest BCUT2D eigenvalue weighted by Crippen LogP contribution is -2.33. The molecule has 0 aromatic heterocycles. The van der Waals surface area contributed by atoms with Crippen LogP contribution in [0.15, 0.2) is 42.5 Å². The number of hydrogen-bond acceptors (Lipinski definition) is 2. The summed E-state index contributed by atoms with van der Waals surface area (Å²) in [4.78, 5) is 13.6. The number of aryl methyl sites for hydroxylation is 1. The molecule has 1 N–H and O–H groups in total.